The largest absolute Gasteiger partial charge is 0.476 e. The molecule has 0 aliphatic heterocycles. The Kier molecular flexibility index (Phi) is 4.60. The highest BCUT2D eigenvalue weighted by molar-refractivity contribution is 7.14. The first-order chi connectivity index (χ1) is 10.7. The second-order valence-corrected chi connectivity index (χ2v) is 5.84. The number of carbonyl (C=O) groups excluding carboxylic acids is 1. The van der Waals surface area contributed by atoms with E-state index in [0.717, 1.165) is 23.5 Å². The maximum atomic E-state index is 13.6. The van der Waals surface area contributed by atoms with Crippen LogP contribution in [0.4, 0.5) is 13.9 Å². The summed E-state index contributed by atoms with van der Waals surface area (Å²) in [6, 6.07) is 2.72. The number of thiazole rings is 1. The van der Waals surface area contributed by atoms with Gasteiger partial charge in [0.05, 0.1) is 0 Å². The third-order valence-electron chi connectivity index (χ3n) is 2.75. The Morgan fingerprint density at radius 3 is 2.61 bits per heavy atom. The zero-order valence-corrected chi connectivity index (χ0v) is 12.9. The fourth-order valence-electron chi connectivity index (χ4n) is 1.56. The minimum absolute atomic E-state index is 0.0728. The number of benzene rings is 1. The summed E-state index contributed by atoms with van der Waals surface area (Å²) in [6.07, 6.45) is 0. The number of ether oxygens (including phenoxy) is 1. The lowest BCUT2D eigenvalue weighted by atomic mass is 10.1. The van der Waals surface area contributed by atoms with Gasteiger partial charge in [-0.15, -0.1) is 11.3 Å². The monoisotopic (exact) mass is 342 g/mol. The lowest BCUT2D eigenvalue weighted by molar-refractivity contribution is -0.128. The Balaban J connectivity index is 2.11. The van der Waals surface area contributed by atoms with Crippen molar-refractivity contribution in [2.24, 2.45) is 0 Å². The van der Waals surface area contributed by atoms with Gasteiger partial charge in [0.25, 0.3) is 5.91 Å². The summed E-state index contributed by atoms with van der Waals surface area (Å²) < 4.78 is 31.7. The molecule has 0 bridgehead atoms. The third-order valence-corrected chi connectivity index (χ3v) is 3.51. The second kappa shape index (κ2) is 6.29. The number of hydrogen-bond donors (Lipinski definition) is 2. The van der Waals surface area contributed by atoms with Gasteiger partial charge in [-0.1, -0.05) is 0 Å². The van der Waals surface area contributed by atoms with Crippen LogP contribution >= 0.6 is 11.3 Å². The lowest BCUT2D eigenvalue weighted by Crippen LogP contribution is -2.42. The number of nitrogens with zero attached hydrogens (tertiary/aromatic N) is 1. The molecule has 1 heterocycles. The molecule has 23 heavy (non-hydrogen) atoms. The second-order valence-electron chi connectivity index (χ2n) is 4.98. The first-order valence-electron chi connectivity index (χ1n) is 6.33. The summed E-state index contributed by atoms with van der Waals surface area (Å²) in [5.74, 6) is -3.86. The van der Waals surface area contributed by atoms with Crippen molar-refractivity contribution in [2.75, 3.05) is 5.32 Å². The van der Waals surface area contributed by atoms with Crippen LogP contribution in [0, 0.1) is 11.6 Å². The van der Waals surface area contributed by atoms with Crippen molar-refractivity contribution >= 4 is 28.3 Å². The number of amides is 1. The first kappa shape index (κ1) is 16.8. The summed E-state index contributed by atoms with van der Waals surface area (Å²) in [7, 11) is 0. The molecule has 0 saturated carbocycles. The summed E-state index contributed by atoms with van der Waals surface area (Å²) in [5.41, 5.74) is -1.69. The maximum Gasteiger partial charge on any atom is 0.355 e. The average Bonchev–Trinajstić information content (AvgIpc) is 2.90. The van der Waals surface area contributed by atoms with E-state index in [1.165, 1.54) is 19.2 Å². The maximum absolute atomic E-state index is 13.6. The van der Waals surface area contributed by atoms with Crippen molar-refractivity contribution in [2.45, 2.75) is 19.4 Å². The first-order valence-corrected chi connectivity index (χ1v) is 7.21. The number of rotatable bonds is 5. The van der Waals surface area contributed by atoms with Crippen LogP contribution in [0.15, 0.2) is 23.6 Å². The van der Waals surface area contributed by atoms with Crippen molar-refractivity contribution in [1.29, 1.82) is 0 Å². The molecule has 2 N–H and O–H groups in total. The van der Waals surface area contributed by atoms with E-state index in [-0.39, 0.29) is 16.6 Å². The van der Waals surface area contributed by atoms with Gasteiger partial charge in [0.2, 0.25) is 0 Å². The Morgan fingerprint density at radius 2 is 2.04 bits per heavy atom. The molecule has 0 aliphatic rings. The highest BCUT2D eigenvalue weighted by Gasteiger charge is 2.32. The van der Waals surface area contributed by atoms with Crippen LogP contribution in [0.2, 0.25) is 0 Å². The third kappa shape index (κ3) is 4.01. The number of carboxylic acid groups (broad SMARTS) is 1. The molecule has 6 nitrogen and oxygen atoms in total. The molecule has 1 aromatic carbocycles. The van der Waals surface area contributed by atoms with E-state index < -0.39 is 29.1 Å². The fourth-order valence-corrected chi connectivity index (χ4v) is 2.24. The molecule has 0 atom stereocenters. The number of carbonyl (C=O) groups is 2. The summed E-state index contributed by atoms with van der Waals surface area (Å²) in [6.45, 7) is 2.77. The Bertz CT molecular complexity index is 761. The van der Waals surface area contributed by atoms with E-state index in [1.807, 2.05) is 0 Å². The van der Waals surface area contributed by atoms with Crippen LogP contribution in [0.1, 0.15) is 24.3 Å². The Labute approximate surface area is 133 Å². The molecule has 9 heteroatoms. The van der Waals surface area contributed by atoms with E-state index in [2.05, 4.69) is 10.3 Å². The molecular weight excluding hydrogens is 330 g/mol. The minimum atomic E-state index is -1.49. The van der Waals surface area contributed by atoms with Gasteiger partial charge in [0.15, 0.2) is 28.0 Å². The number of hydrogen-bond acceptors (Lipinski definition) is 5. The van der Waals surface area contributed by atoms with E-state index in [1.54, 1.807) is 0 Å². The average molecular weight is 342 g/mol. The molecule has 2 rings (SSSR count). The number of anilines is 1. The van der Waals surface area contributed by atoms with Crippen molar-refractivity contribution in [3.05, 3.63) is 40.9 Å². The molecule has 1 amide bonds. The molecule has 1 aromatic heterocycles. The molecule has 0 spiro atoms. The summed E-state index contributed by atoms with van der Waals surface area (Å²) in [4.78, 5) is 26.6. The van der Waals surface area contributed by atoms with Gasteiger partial charge in [0, 0.05) is 11.4 Å². The number of aromatic carboxylic acids is 1. The SMILES string of the molecule is CC(C)(Oc1ccc(F)cc1F)C(=O)Nc1nc(C(=O)O)cs1. The molecule has 0 fully saturated rings. The lowest BCUT2D eigenvalue weighted by Gasteiger charge is -2.24. The van der Waals surface area contributed by atoms with Gasteiger partial charge < -0.3 is 9.84 Å². The molecule has 0 saturated heterocycles. The van der Waals surface area contributed by atoms with Gasteiger partial charge in [-0.05, 0) is 26.0 Å². The van der Waals surface area contributed by atoms with Crippen LogP contribution in [-0.4, -0.2) is 27.6 Å². The van der Waals surface area contributed by atoms with Gasteiger partial charge in [0.1, 0.15) is 5.82 Å². The molecule has 2 aromatic rings. The number of nitrogens with one attached hydrogen (secondary N) is 1. The van der Waals surface area contributed by atoms with Crippen LogP contribution in [0.3, 0.4) is 0 Å². The van der Waals surface area contributed by atoms with Gasteiger partial charge in [-0.2, -0.15) is 0 Å². The van der Waals surface area contributed by atoms with E-state index >= 15 is 0 Å². The van der Waals surface area contributed by atoms with Crippen LogP contribution in [-0.2, 0) is 4.79 Å². The Morgan fingerprint density at radius 1 is 1.35 bits per heavy atom. The number of aromatic nitrogens is 1. The highest BCUT2D eigenvalue weighted by Crippen LogP contribution is 2.24. The highest BCUT2D eigenvalue weighted by atomic mass is 32.1. The van der Waals surface area contributed by atoms with Gasteiger partial charge in [-0.3, -0.25) is 10.1 Å². The van der Waals surface area contributed by atoms with Crippen molar-refractivity contribution < 1.29 is 28.2 Å². The normalized spacial score (nSPS) is 11.1. The number of halogens is 2. The fraction of sp³-hybridized carbons (Fsp3) is 0.214. The standard InChI is InChI=1S/C14H12F2N2O4S/c1-14(2,22-10-4-3-7(15)5-8(10)16)12(21)18-13-17-9(6-23-13)11(19)20/h3-6H,1-2H3,(H,19,20)(H,17,18,21). The van der Waals surface area contributed by atoms with Crippen molar-refractivity contribution in [1.82, 2.24) is 4.98 Å². The molecule has 122 valence electrons. The smallest absolute Gasteiger partial charge is 0.355 e. The zero-order valence-electron chi connectivity index (χ0n) is 12.1. The van der Waals surface area contributed by atoms with E-state index in [4.69, 9.17) is 9.84 Å². The van der Waals surface area contributed by atoms with E-state index in [0.29, 0.717) is 6.07 Å². The predicted molar refractivity (Wildman–Crippen MR) is 78.8 cm³/mol. The van der Waals surface area contributed by atoms with E-state index in [9.17, 15) is 18.4 Å². The summed E-state index contributed by atoms with van der Waals surface area (Å²) in [5, 5.41) is 12.5. The van der Waals surface area contributed by atoms with Gasteiger partial charge in [-0.25, -0.2) is 18.6 Å². The topological polar surface area (TPSA) is 88.5 Å². The summed E-state index contributed by atoms with van der Waals surface area (Å²) >= 11 is 0.931. The van der Waals surface area contributed by atoms with Crippen molar-refractivity contribution in [3.63, 3.8) is 0 Å². The van der Waals surface area contributed by atoms with Crippen molar-refractivity contribution in [3.8, 4) is 5.75 Å². The Hall–Kier alpha value is -2.55. The zero-order chi connectivity index (χ0) is 17.2. The number of carboxylic acids is 1. The predicted octanol–water partition coefficient (Wildman–Crippen LogP) is 2.92. The molecule has 0 unspecified atom stereocenters. The molecule has 0 aliphatic carbocycles. The molecular formula is C14H12F2N2O4S. The van der Waals surface area contributed by atoms with Crippen LogP contribution in [0.5, 0.6) is 5.75 Å². The minimum Gasteiger partial charge on any atom is -0.476 e. The van der Waals surface area contributed by atoms with Crippen LogP contribution < -0.4 is 10.1 Å². The molecule has 0 radical (unpaired) electrons. The van der Waals surface area contributed by atoms with Crippen LogP contribution in [0.25, 0.3) is 0 Å². The van der Waals surface area contributed by atoms with Gasteiger partial charge >= 0.3 is 5.97 Å². The quantitative estimate of drug-likeness (QED) is 0.872.